The first-order valence-corrected chi connectivity index (χ1v) is 14.3. The van der Waals surface area contributed by atoms with Gasteiger partial charge >= 0.3 is 12.1 Å². The van der Waals surface area contributed by atoms with Crippen molar-refractivity contribution in [3.05, 3.63) is 89.0 Å². The average Bonchev–Trinajstić information content (AvgIpc) is 2.89. The molecule has 0 saturated carbocycles. The van der Waals surface area contributed by atoms with Crippen molar-refractivity contribution in [2.24, 2.45) is 0 Å². The summed E-state index contributed by atoms with van der Waals surface area (Å²) >= 11 is 0. The van der Waals surface area contributed by atoms with Gasteiger partial charge in [-0.1, -0.05) is 36.4 Å². The maximum absolute atomic E-state index is 12.5. The average molecular weight is 576 g/mol. The lowest BCUT2D eigenvalue weighted by atomic mass is 9.95. The molecule has 0 fully saturated rings. The summed E-state index contributed by atoms with van der Waals surface area (Å²) in [5.74, 6) is 0.339. The van der Waals surface area contributed by atoms with Crippen molar-refractivity contribution in [1.82, 2.24) is 5.32 Å². The zero-order valence-electron chi connectivity index (χ0n) is 26.4. The van der Waals surface area contributed by atoms with Crippen molar-refractivity contribution in [3.8, 4) is 16.9 Å². The summed E-state index contributed by atoms with van der Waals surface area (Å²) in [6.07, 6.45) is -0.455. The van der Waals surface area contributed by atoms with Crippen molar-refractivity contribution < 1.29 is 28.5 Å². The van der Waals surface area contributed by atoms with Gasteiger partial charge in [0, 0.05) is 12.7 Å². The lowest BCUT2D eigenvalue weighted by Crippen LogP contribution is -2.34. The summed E-state index contributed by atoms with van der Waals surface area (Å²) in [5, 5.41) is 2.92. The molecule has 7 heteroatoms. The van der Waals surface area contributed by atoms with Crippen LogP contribution in [-0.4, -0.2) is 30.4 Å². The quantitative estimate of drug-likeness (QED) is 0.246. The van der Waals surface area contributed by atoms with Gasteiger partial charge in [-0.25, -0.2) is 4.79 Å². The van der Waals surface area contributed by atoms with Gasteiger partial charge in [-0.3, -0.25) is 4.79 Å². The first-order chi connectivity index (χ1) is 19.6. The van der Waals surface area contributed by atoms with E-state index in [0.29, 0.717) is 12.4 Å². The predicted octanol–water partition coefficient (Wildman–Crippen LogP) is 8.11. The molecule has 2 unspecified atom stereocenters. The van der Waals surface area contributed by atoms with Crippen LogP contribution in [0.2, 0.25) is 0 Å². The fourth-order valence-electron chi connectivity index (χ4n) is 4.38. The van der Waals surface area contributed by atoms with Crippen LogP contribution in [0.3, 0.4) is 0 Å². The maximum Gasteiger partial charge on any atom is 0.408 e. The van der Waals surface area contributed by atoms with E-state index in [4.69, 9.17) is 18.9 Å². The Balaban J connectivity index is 1.85. The molecule has 0 saturated heterocycles. The van der Waals surface area contributed by atoms with Gasteiger partial charge in [-0.2, -0.15) is 0 Å². The molecule has 1 amide bonds. The van der Waals surface area contributed by atoms with E-state index in [2.05, 4.69) is 29.6 Å². The number of benzene rings is 3. The number of rotatable bonds is 10. The molecule has 0 radical (unpaired) electrons. The topological polar surface area (TPSA) is 83.1 Å². The normalized spacial score (nSPS) is 13.2. The van der Waals surface area contributed by atoms with Gasteiger partial charge in [0.1, 0.15) is 23.6 Å². The molecule has 7 nitrogen and oxygen atoms in total. The van der Waals surface area contributed by atoms with Crippen molar-refractivity contribution in [2.45, 2.75) is 91.8 Å². The first-order valence-electron chi connectivity index (χ1n) is 14.3. The van der Waals surface area contributed by atoms with Crippen LogP contribution < -0.4 is 10.1 Å². The highest BCUT2D eigenvalue weighted by Crippen LogP contribution is 2.30. The zero-order valence-corrected chi connectivity index (χ0v) is 26.4. The number of amides is 1. The minimum Gasteiger partial charge on any atom is -0.489 e. The van der Waals surface area contributed by atoms with Crippen molar-refractivity contribution >= 4 is 12.1 Å². The molecule has 3 rings (SSSR count). The Morgan fingerprint density at radius 1 is 0.786 bits per heavy atom. The Kier molecular flexibility index (Phi) is 10.8. The first kappa shape index (κ1) is 32.7. The van der Waals surface area contributed by atoms with E-state index < -0.39 is 17.3 Å². The molecule has 0 bridgehead atoms. The van der Waals surface area contributed by atoms with Crippen LogP contribution in [0.25, 0.3) is 11.1 Å². The van der Waals surface area contributed by atoms with Crippen molar-refractivity contribution in [2.75, 3.05) is 7.11 Å². The minimum atomic E-state index is -0.571. The van der Waals surface area contributed by atoms with Gasteiger partial charge < -0.3 is 24.3 Å². The Morgan fingerprint density at radius 2 is 1.45 bits per heavy atom. The van der Waals surface area contributed by atoms with E-state index in [9.17, 15) is 9.59 Å². The van der Waals surface area contributed by atoms with Crippen molar-refractivity contribution in [3.63, 3.8) is 0 Å². The number of nitrogens with one attached hydrogen (secondary N) is 1. The Hall–Kier alpha value is -3.84. The third-order valence-corrected chi connectivity index (χ3v) is 6.41. The molecule has 42 heavy (non-hydrogen) atoms. The highest BCUT2D eigenvalue weighted by molar-refractivity contribution is 5.74. The number of hydrogen-bond acceptors (Lipinski definition) is 6. The highest BCUT2D eigenvalue weighted by atomic mass is 16.6. The van der Waals surface area contributed by atoms with Crippen LogP contribution >= 0.6 is 0 Å². The van der Waals surface area contributed by atoms with Gasteiger partial charge in [-0.15, -0.1) is 0 Å². The van der Waals surface area contributed by atoms with Crippen LogP contribution in [0.1, 0.15) is 89.8 Å². The monoisotopic (exact) mass is 575 g/mol. The predicted molar refractivity (Wildman–Crippen MR) is 165 cm³/mol. The Labute approximate surface area is 250 Å². The molecule has 0 heterocycles. The van der Waals surface area contributed by atoms with Crippen LogP contribution in [0.5, 0.6) is 5.75 Å². The third kappa shape index (κ3) is 10.2. The molecule has 3 aromatic carbocycles. The summed E-state index contributed by atoms with van der Waals surface area (Å²) < 4.78 is 22.8. The van der Waals surface area contributed by atoms with Crippen LogP contribution in [0, 0.1) is 0 Å². The largest absolute Gasteiger partial charge is 0.489 e. The van der Waals surface area contributed by atoms with Gasteiger partial charge in [-0.05, 0) is 114 Å². The fraction of sp³-hybridized carbons (Fsp3) is 0.429. The third-order valence-electron chi connectivity index (χ3n) is 6.41. The molecule has 0 aliphatic carbocycles. The number of carbonyl (C=O) groups excluding carboxylic acids is 2. The maximum atomic E-state index is 12.5. The molecule has 0 aromatic heterocycles. The van der Waals surface area contributed by atoms with Crippen LogP contribution in [-0.2, 0) is 32.0 Å². The lowest BCUT2D eigenvalue weighted by molar-refractivity contribution is -0.153. The van der Waals surface area contributed by atoms with Crippen molar-refractivity contribution in [1.29, 1.82) is 0 Å². The molecular weight excluding hydrogens is 530 g/mol. The number of ether oxygens (including phenoxy) is 4. The molecule has 0 aliphatic heterocycles. The lowest BCUT2D eigenvalue weighted by Gasteiger charge is -2.22. The van der Waals surface area contributed by atoms with Gasteiger partial charge in [0.15, 0.2) is 0 Å². The summed E-state index contributed by atoms with van der Waals surface area (Å²) in [6.45, 7) is 15.3. The number of esters is 1. The van der Waals surface area contributed by atoms with E-state index in [0.717, 1.165) is 33.4 Å². The Bertz CT molecular complexity index is 1370. The summed E-state index contributed by atoms with van der Waals surface area (Å²) in [4.78, 5) is 24.8. The molecule has 1 N–H and O–H groups in total. The number of alkyl carbamates (subject to hydrolysis) is 1. The van der Waals surface area contributed by atoms with E-state index >= 15 is 0 Å². The smallest absolute Gasteiger partial charge is 0.408 e. The fourth-order valence-corrected chi connectivity index (χ4v) is 4.38. The van der Waals surface area contributed by atoms with E-state index in [1.807, 2.05) is 97.9 Å². The standard InChI is InChI=1S/C35H45NO6/c1-23(36-33(38)42-35(6,7)8)26-14-12-15-27(19-26)30-18-25(17-29(20-30)24(2)39-9)22-40-31-16-11-10-13-28(31)21-32(37)41-34(3,4)5/h10-20,23-24H,21-22H2,1-9H3,(H,36,38). The molecule has 0 aliphatic rings. The SMILES string of the molecule is COC(C)c1cc(COc2ccccc2CC(=O)OC(C)(C)C)cc(-c2cccc(C(C)NC(=O)OC(C)(C)C)c2)c1. The van der Waals surface area contributed by atoms with Gasteiger partial charge in [0.05, 0.1) is 18.6 Å². The zero-order chi connectivity index (χ0) is 31.1. The van der Waals surface area contributed by atoms with E-state index in [1.54, 1.807) is 7.11 Å². The molecular formula is C35H45NO6. The van der Waals surface area contributed by atoms with E-state index in [-0.39, 0.29) is 24.5 Å². The van der Waals surface area contributed by atoms with Crippen LogP contribution in [0.15, 0.2) is 66.7 Å². The number of para-hydroxylation sites is 1. The van der Waals surface area contributed by atoms with Crippen LogP contribution in [0.4, 0.5) is 4.79 Å². The number of methoxy groups -OCH3 is 1. The summed E-state index contributed by atoms with van der Waals surface area (Å²) in [5.41, 5.74) is 4.59. The summed E-state index contributed by atoms with van der Waals surface area (Å²) in [6, 6.07) is 21.6. The number of carbonyl (C=O) groups is 2. The number of hydrogen-bond donors (Lipinski definition) is 1. The summed E-state index contributed by atoms with van der Waals surface area (Å²) in [7, 11) is 1.69. The second-order valence-corrected chi connectivity index (χ2v) is 12.5. The van der Waals surface area contributed by atoms with Gasteiger partial charge in [0.2, 0.25) is 0 Å². The van der Waals surface area contributed by atoms with Gasteiger partial charge in [0.25, 0.3) is 0 Å². The molecule has 226 valence electrons. The van der Waals surface area contributed by atoms with E-state index in [1.165, 1.54) is 0 Å². The second-order valence-electron chi connectivity index (χ2n) is 12.5. The Morgan fingerprint density at radius 3 is 2.12 bits per heavy atom. The molecule has 2 atom stereocenters. The molecule has 0 spiro atoms. The highest BCUT2D eigenvalue weighted by Gasteiger charge is 2.20. The second kappa shape index (κ2) is 13.9. The molecule has 3 aromatic rings. The minimum absolute atomic E-state index is 0.126.